The maximum Gasteiger partial charge on any atom is 0.472 e. The van der Waals surface area contributed by atoms with Crippen molar-refractivity contribution in [3.63, 3.8) is 0 Å². The molecule has 5 atom stereocenters. The fraction of sp³-hybridized carbons (Fsp3) is 0.545. The number of imidazole rings is 1. The van der Waals surface area contributed by atoms with E-state index in [9.17, 15) is 14.6 Å². The number of hydrogen-bond donors (Lipinski definition) is 3. The average Bonchev–Trinajstić information content (AvgIpc) is 2.99. The van der Waals surface area contributed by atoms with Crippen molar-refractivity contribution in [3.8, 4) is 0 Å². The zero-order valence-corrected chi connectivity index (χ0v) is 12.8. The number of nitrogens with two attached hydrogens (primary N) is 1. The summed E-state index contributed by atoms with van der Waals surface area (Å²) in [7, 11) is -4.20. The summed E-state index contributed by atoms with van der Waals surface area (Å²) in [6.07, 6.45) is 0.0846. The molecule has 2 aromatic rings. The molecule has 2 aliphatic rings. The number of nitrogens with zero attached hydrogens (tertiary/aromatic N) is 4. The summed E-state index contributed by atoms with van der Waals surface area (Å²) in [5.74, 6) is 0.181. The van der Waals surface area contributed by atoms with Gasteiger partial charge in [-0.05, 0) is 6.92 Å². The van der Waals surface area contributed by atoms with Gasteiger partial charge >= 0.3 is 7.82 Å². The second-order valence-electron chi connectivity index (χ2n) is 5.63. The molecule has 0 aliphatic carbocycles. The molecule has 4 heterocycles. The highest BCUT2D eigenvalue weighted by Crippen LogP contribution is 2.56. The highest BCUT2D eigenvalue weighted by Gasteiger charge is 2.59. The van der Waals surface area contributed by atoms with Crippen molar-refractivity contribution in [1.29, 1.82) is 0 Å². The molecule has 1 unspecified atom stereocenters. The standard InChI is InChI=1S/C11H14N5O6P/c1-11(17)7(21-6-3-20-23(18,19)22-8(6)11)5-2-13-10-9(12)14-4-15-16(5)10/h2,4,6-8,17H,3H2,1H3,(H,18,19)(H2,12,14,15)/t6-,7+,8-,11+/m1/s1. The number of aromatic nitrogens is 4. The van der Waals surface area contributed by atoms with E-state index in [2.05, 4.69) is 15.1 Å². The van der Waals surface area contributed by atoms with Gasteiger partial charge in [0.15, 0.2) is 11.5 Å². The van der Waals surface area contributed by atoms with Crippen molar-refractivity contribution in [3.05, 3.63) is 18.2 Å². The first-order chi connectivity index (χ1) is 10.8. The lowest BCUT2D eigenvalue weighted by Crippen LogP contribution is -2.46. The van der Waals surface area contributed by atoms with Crippen LogP contribution in [0.25, 0.3) is 5.65 Å². The van der Waals surface area contributed by atoms with Gasteiger partial charge in [-0.3, -0.25) is 9.05 Å². The summed E-state index contributed by atoms with van der Waals surface area (Å²) in [6, 6.07) is 0. The molecule has 124 valence electrons. The van der Waals surface area contributed by atoms with E-state index in [0.29, 0.717) is 11.3 Å². The molecule has 0 spiro atoms. The Balaban J connectivity index is 1.77. The summed E-state index contributed by atoms with van der Waals surface area (Å²) in [4.78, 5) is 17.4. The Kier molecular flexibility index (Phi) is 3.05. The van der Waals surface area contributed by atoms with Crippen LogP contribution < -0.4 is 5.73 Å². The van der Waals surface area contributed by atoms with E-state index in [1.807, 2.05) is 0 Å². The molecular formula is C11H14N5O6P. The largest absolute Gasteiger partial charge is 0.472 e. The van der Waals surface area contributed by atoms with Gasteiger partial charge < -0.3 is 20.5 Å². The second-order valence-corrected chi connectivity index (χ2v) is 7.04. The first-order valence-corrected chi connectivity index (χ1v) is 8.27. The predicted octanol–water partition coefficient (Wildman–Crippen LogP) is -0.587. The highest BCUT2D eigenvalue weighted by atomic mass is 31.2. The monoisotopic (exact) mass is 343 g/mol. The minimum absolute atomic E-state index is 0.168. The molecule has 4 rings (SSSR count). The lowest BCUT2D eigenvalue weighted by Gasteiger charge is -2.33. The van der Waals surface area contributed by atoms with Gasteiger partial charge in [0, 0.05) is 0 Å². The normalized spacial score (nSPS) is 40.4. The van der Waals surface area contributed by atoms with Crippen molar-refractivity contribution in [2.45, 2.75) is 30.8 Å². The number of rotatable bonds is 1. The van der Waals surface area contributed by atoms with Crippen LogP contribution >= 0.6 is 7.82 Å². The fourth-order valence-corrected chi connectivity index (χ4v) is 3.98. The molecule has 2 aromatic heterocycles. The third-order valence-corrected chi connectivity index (χ3v) is 5.00. The molecule has 12 heteroatoms. The second kappa shape index (κ2) is 4.69. The molecule has 23 heavy (non-hydrogen) atoms. The molecule has 11 nitrogen and oxygen atoms in total. The summed E-state index contributed by atoms with van der Waals surface area (Å²) in [5.41, 5.74) is 4.88. The molecule has 2 aliphatic heterocycles. The number of ether oxygens (including phenoxy) is 1. The Labute approximate surface area is 129 Å². The topological polar surface area (TPSA) is 154 Å². The van der Waals surface area contributed by atoms with E-state index < -0.39 is 31.7 Å². The van der Waals surface area contributed by atoms with Crippen molar-refractivity contribution in [2.24, 2.45) is 0 Å². The zero-order valence-electron chi connectivity index (χ0n) is 11.9. The fourth-order valence-electron chi connectivity index (χ4n) is 2.95. The van der Waals surface area contributed by atoms with Gasteiger partial charge in [0.1, 0.15) is 30.2 Å². The third-order valence-electron chi connectivity index (χ3n) is 4.03. The number of aliphatic hydroxyl groups is 1. The van der Waals surface area contributed by atoms with E-state index in [1.165, 1.54) is 24.0 Å². The van der Waals surface area contributed by atoms with Gasteiger partial charge in [0.2, 0.25) is 0 Å². The average molecular weight is 343 g/mol. The van der Waals surface area contributed by atoms with E-state index in [1.54, 1.807) is 0 Å². The number of phosphoric ester groups is 1. The molecule has 2 fully saturated rings. The van der Waals surface area contributed by atoms with E-state index >= 15 is 0 Å². The Hall–Kier alpha value is -1.62. The Morgan fingerprint density at radius 3 is 3.09 bits per heavy atom. The first kappa shape index (κ1) is 14.9. The summed E-state index contributed by atoms with van der Waals surface area (Å²) >= 11 is 0. The number of hydrogen-bond acceptors (Lipinski definition) is 9. The van der Waals surface area contributed by atoms with Gasteiger partial charge in [0.25, 0.3) is 0 Å². The Morgan fingerprint density at radius 2 is 2.30 bits per heavy atom. The van der Waals surface area contributed by atoms with E-state index in [4.69, 9.17) is 19.5 Å². The summed E-state index contributed by atoms with van der Waals surface area (Å²) in [5, 5.41) is 14.9. The zero-order chi connectivity index (χ0) is 16.4. The first-order valence-electron chi connectivity index (χ1n) is 6.77. The van der Waals surface area contributed by atoms with Crippen LogP contribution in [-0.4, -0.2) is 54.0 Å². The molecule has 0 aromatic carbocycles. The lowest BCUT2D eigenvalue weighted by molar-refractivity contribution is -0.0740. The molecule has 2 saturated heterocycles. The lowest BCUT2D eigenvalue weighted by atomic mass is 9.91. The van der Waals surface area contributed by atoms with Crippen molar-refractivity contribution >= 4 is 19.3 Å². The number of nitrogen functional groups attached to an aromatic ring is 1. The maximum absolute atomic E-state index is 11.6. The minimum atomic E-state index is -4.20. The third kappa shape index (κ3) is 2.17. The number of fused-ring (bicyclic) bond motifs is 2. The summed E-state index contributed by atoms with van der Waals surface area (Å²) < 4.78 is 28.5. The van der Waals surface area contributed by atoms with E-state index in [0.717, 1.165) is 0 Å². The smallest absolute Gasteiger partial charge is 0.384 e. The van der Waals surface area contributed by atoms with Crippen LogP contribution in [0.3, 0.4) is 0 Å². The van der Waals surface area contributed by atoms with Gasteiger partial charge in [0.05, 0.1) is 18.5 Å². The number of anilines is 1. The molecule has 0 bridgehead atoms. The Bertz CT molecular complexity index is 824. The molecule has 0 saturated carbocycles. The van der Waals surface area contributed by atoms with Gasteiger partial charge in [-0.15, -0.1) is 0 Å². The van der Waals surface area contributed by atoms with Crippen molar-refractivity contribution in [1.82, 2.24) is 19.6 Å². The SMILES string of the molecule is C[C@@]1(O)[C@@H]2OP(=O)(O)OC[C@H]2O[C@H]1c1cnc2c(N)ncnn12. The predicted molar refractivity (Wildman–Crippen MR) is 74.1 cm³/mol. The maximum atomic E-state index is 11.6. The van der Waals surface area contributed by atoms with Crippen LogP contribution in [0.4, 0.5) is 5.82 Å². The van der Waals surface area contributed by atoms with Crippen LogP contribution in [-0.2, 0) is 18.3 Å². The molecular weight excluding hydrogens is 329 g/mol. The van der Waals surface area contributed by atoms with Crippen LogP contribution in [0.1, 0.15) is 18.7 Å². The van der Waals surface area contributed by atoms with Gasteiger partial charge in [-0.25, -0.2) is 19.0 Å². The molecule has 0 radical (unpaired) electrons. The Morgan fingerprint density at radius 1 is 1.52 bits per heavy atom. The van der Waals surface area contributed by atoms with Crippen LogP contribution in [0, 0.1) is 0 Å². The molecule has 4 N–H and O–H groups in total. The highest BCUT2D eigenvalue weighted by molar-refractivity contribution is 7.47. The van der Waals surface area contributed by atoms with Crippen molar-refractivity contribution in [2.75, 3.05) is 12.3 Å². The molecule has 0 amide bonds. The van der Waals surface area contributed by atoms with Crippen LogP contribution in [0.2, 0.25) is 0 Å². The summed E-state index contributed by atoms with van der Waals surface area (Å²) in [6.45, 7) is 1.29. The van der Waals surface area contributed by atoms with Gasteiger partial charge in [-0.1, -0.05) is 0 Å². The van der Waals surface area contributed by atoms with Crippen LogP contribution in [0.5, 0.6) is 0 Å². The number of phosphoric acid groups is 1. The van der Waals surface area contributed by atoms with Gasteiger partial charge in [-0.2, -0.15) is 5.10 Å². The van der Waals surface area contributed by atoms with Crippen LogP contribution in [0.15, 0.2) is 12.5 Å². The minimum Gasteiger partial charge on any atom is -0.384 e. The van der Waals surface area contributed by atoms with Crippen molar-refractivity contribution < 1.29 is 28.3 Å². The van der Waals surface area contributed by atoms with E-state index in [-0.39, 0.29) is 12.4 Å². The quantitative estimate of drug-likeness (QED) is 0.572.